The van der Waals surface area contributed by atoms with Crippen LogP contribution in [0.2, 0.25) is 0 Å². The van der Waals surface area contributed by atoms with Crippen LogP contribution in [0.25, 0.3) is 10.9 Å². The van der Waals surface area contributed by atoms with Crippen molar-refractivity contribution in [3.63, 3.8) is 0 Å². The van der Waals surface area contributed by atoms with Gasteiger partial charge in [-0.2, -0.15) is 0 Å². The van der Waals surface area contributed by atoms with E-state index in [2.05, 4.69) is 10.9 Å². The van der Waals surface area contributed by atoms with Gasteiger partial charge in [0, 0.05) is 30.7 Å². The molecule has 0 spiro atoms. The number of nitrogens with one attached hydrogen (secondary N) is 2. The summed E-state index contributed by atoms with van der Waals surface area (Å²) in [6, 6.07) is 19.5. The third-order valence-corrected chi connectivity index (χ3v) is 3.52. The van der Waals surface area contributed by atoms with Crippen LogP contribution in [0.15, 0.2) is 65.5 Å². The molecule has 2 aromatic carbocycles. The van der Waals surface area contributed by atoms with Gasteiger partial charge in [0.25, 0.3) is 5.56 Å². The van der Waals surface area contributed by atoms with E-state index in [9.17, 15) is 4.79 Å². The number of rotatable bonds is 4. The summed E-state index contributed by atoms with van der Waals surface area (Å²) in [6.45, 7) is 0.575. The molecule has 0 aliphatic rings. The number of hydrogen-bond donors (Lipinski definition) is 2. The van der Waals surface area contributed by atoms with Crippen molar-refractivity contribution >= 4 is 16.6 Å². The molecule has 0 saturated carbocycles. The quantitative estimate of drug-likeness (QED) is 0.722. The van der Waals surface area contributed by atoms with E-state index in [1.54, 1.807) is 17.7 Å². The van der Waals surface area contributed by atoms with Crippen molar-refractivity contribution < 1.29 is 0 Å². The van der Waals surface area contributed by atoms with Crippen molar-refractivity contribution in [2.45, 2.75) is 6.54 Å². The van der Waals surface area contributed by atoms with Gasteiger partial charge in [-0.05, 0) is 23.8 Å². The second kappa shape index (κ2) is 5.81. The maximum atomic E-state index is 12.0. The monoisotopic (exact) mass is 279 g/mol. The molecule has 0 atom stereocenters. The Balaban J connectivity index is 1.84. The first kappa shape index (κ1) is 13.4. The topological polar surface area (TPSA) is 46.1 Å². The molecule has 2 N–H and O–H groups in total. The number of pyridine rings is 1. The Kier molecular flexibility index (Phi) is 3.71. The predicted molar refractivity (Wildman–Crippen MR) is 86.1 cm³/mol. The van der Waals surface area contributed by atoms with Crippen molar-refractivity contribution in [1.29, 1.82) is 0 Å². The fourth-order valence-corrected chi connectivity index (χ4v) is 2.39. The SMILES string of the molecule is Cn1c(=O)cc(CNNc2ccccc2)c2ccccc21. The summed E-state index contributed by atoms with van der Waals surface area (Å²) in [5, 5.41) is 1.09. The fourth-order valence-electron chi connectivity index (χ4n) is 2.39. The van der Waals surface area contributed by atoms with Gasteiger partial charge in [-0.3, -0.25) is 4.79 Å². The lowest BCUT2D eigenvalue weighted by Crippen LogP contribution is -2.24. The number of aryl methyl sites for hydroxylation is 1. The summed E-state index contributed by atoms with van der Waals surface area (Å²) < 4.78 is 1.67. The van der Waals surface area contributed by atoms with Crippen LogP contribution in [0.5, 0.6) is 0 Å². The minimum Gasteiger partial charge on any atom is -0.321 e. The highest BCUT2D eigenvalue weighted by Crippen LogP contribution is 2.16. The molecule has 0 bridgehead atoms. The molecule has 1 heterocycles. The molecular formula is C17H17N3O. The maximum absolute atomic E-state index is 12.0. The number of hydrazine groups is 1. The smallest absolute Gasteiger partial charge is 0.251 e. The highest BCUT2D eigenvalue weighted by Gasteiger charge is 2.05. The first-order valence-electron chi connectivity index (χ1n) is 6.87. The minimum absolute atomic E-state index is 0.00483. The third kappa shape index (κ3) is 2.80. The van der Waals surface area contributed by atoms with E-state index in [0.717, 1.165) is 22.2 Å². The Hall–Kier alpha value is -2.59. The van der Waals surface area contributed by atoms with Gasteiger partial charge < -0.3 is 9.99 Å². The molecule has 21 heavy (non-hydrogen) atoms. The lowest BCUT2D eigenvalue weighted by atomic mass is 10.1. The van der Waals surface area contributed by atoms with Gasteiger partial charge in [0.2, 0.25) is 0 Å². The van der Waals surface area contributed by atoms with Gasteiger partial charge in [-0.1, -0.05) is 36.4 Å². The summed E-state index contributed by atoms with van der Waals surface area (Å²) in [4.78, 5) is 12.0. The molecule has 0 unspecified atom stereocenters. The normalized spacial score (nSPS) is 10.7. The highest BCUT2D eigenvalue weighted by atomic mass is 16.1. The molecule has 4 nitrogen and oxygen atoms in total. The largest absolute Gasteiger partial charge is 0.321 e. The second-order valence-corrected chi connectivity index (χ2v) is 4.93. The molecule has 0 aliphatic carbocycles. The minimum atomic E-state index is 0.00483. The van der Waals surface area contributed by atoms with Crippen molar-refractivity contribution in [1.82, 2.24) is 9.99 Å². The number of benzene rings is 2. The first-order chi connectivity index (χ1) is 10.3. The van der Waals surface area contributed by atoms with Crippen LogP contribution in [0.4, 0.5) is 5.69 Å². The van der Waals surface area contributed by atoms with Crippen LogP contribution in [0, 0.1) is 0 Å². The zero-order valence-electron chi connectivity index (χ0n) is 11.8. The van der Waals surface area contributed by atoms with E-state index in [1.807, 2.05) is 54.6 Å². The standard InChI is InChI=1S/C17H17N3O/c1-20-16-10-6-5-9-15(16)13(11-17(20)21)12-18-19-14-7-3-2-4-8-14/h2-11,18-19H,12H2,1H3. The number of anilines is 1. The Bertz CT molecular complexity index is 809. The average molecular weight is 279 g/mol. The number of hydrogen-bond acceptors (Lipinski definition) is 3. The second-order valence-electron chi connectivity index (χ2n) is 4.93. The van der Waals surface area contributed by atoms with Crippen molar-refractivity contribution in [2.24, 2.45) is 7.05 Å². The van der Waals surface area contributed by atoms with Crippen LogP contribution >= 0.6 is 0 Å². The third-order valence-electron chi connectivity index (χ3n) is 3.52. The fraction of sp³-hybridized carbons (Fsp3) is 0.118. The Morgan fingerprint density at radius 3 is 2.52 bits per heavy atom. The summed E-state index contributed by atoms with van der Waals surface area (Å²) in [7, 11) is 1.80. The summed E-state index contributed by atoms with van der Waals surface area (Å²) >= 11 is 0. The van der Waals surface area contributed by atoms with Crippen LogP contribution in [-0.2, 0) is 13.6 Å². The van der Waals surface area contributed by atoms with E-state index in [1.165, 1.54) is 0 Å². The Morgan fingerprint density at radius 2 is 1.71 bits per heavy atom. The summed E-state index contributed by atoms with van der Waals surface area (Å²) in [5.74, 6) is 0. The molecule has 0 amide bonds. The zero-order chi connectivity index (χ0) is 14.7. The van der Waals surface area contributed by atoms with E-state index in [4.69, 9.17) is 0 Å². The van der Waals surface area contributed by atoms with E-state index in [-0.39, 0.29) is 5.56 Å². The van der Waals surface area contributed by atoms with Crippen molar-refractivity contribution in [3.05, 3.63) is 76.6 Å². The number of para-hydroxylation sites is 2. The number of nitrogens with zero attached hydrogens (tertiary/aromatic N) is 1. The number of aromatic nitrogens is 1. The molecule has 106 valence electrons. The van der Waals surface area contributed by atoms with E-state index >= 15 is 0 Å². The summed E-state index contributed by atoms with van der Waals surface area (Å²) in [6.07, 6.45) is 0. The highest BCUT2D eigenvalue weighted by molar-refractivity contribution is 5.82. The molecule has 0 fully saturated rings. The molecule has 4 heteroatoms. The lowest BCUT2D eigenvalue weighted by molar-refractivity contribution is 0.797. The Labute approximate surface area is 123 Å². The predicted octanol–water partition coefficient (Wildman–Crippen LogP) is 2.66. The van der Waals surface area contributed by atoms with Crippen molar-refractivity contribution in [2.75, 3.05) is 5.43 Å². The summed E-state index contributed by atoms with van der Waals surface area (Å²) in [5.41, 5.74) is 9.22. The molecule has 0 aliphatic heterocycles. The van der Waals surface area contributed by atoms with Gasteiger partial charge in [0.1, 0.15) is 0 Å². The van der Waals surface area contributed by atoms with E-state index < -0.39 is 0 Å². The molecule has 0 saturated heterocycles. The molecule has 3 aromatic rings. The molecule has 1 aromatic heterocycles. The molecule has 3 rings (SSSR count). The Morgan fingerprint density at radius 1 is 1.00 bits per heavy atom. The van der Waals surface area contributed by atoms with Gasteiger partial charge in [0.15, 0.2) is 0 Å². The van der Waals surface area contributed by atoms with Crippen LogP contribution in [-0.4, -0.2) is 4.57 Å². The molecule has 0 radical (unpaired) electrons. The number of fused-ring (bicyclic) bond motifs is 1. The van der Waals surface area contributed by atoms with Crippen molar-refractivity contribution in [3.8, 4) is 0 Å². The van der Waals surface area contributed by atoms with E-state index in [0.29, 0.717) is 6.54 Å². The average Bonchev–Trinajstić information content (AvgIpc) is 2.53. The lowest BCUT2D eigenvalue weighted by Gasteiger charge is -2.12. The molecular weight excluding hydrogens is 262 g/mol. The first-order valence-corrected chi connectivity index (χ1v) is 6.87. The zero-order valence-corrected chi connectivity index (χ0v) is 11.8. The van der Waals surface area contributed by atoms with Crippen LogP contribution < -0.4 is 16.4 Å². The van der Waals surface area contributed by atoms with Gasteiger partial charge >= 0.3 is 0 Å². The van der Waals surface area contributed by atoms with Gasteiger partial charge in [0.05, 0.1) is 5.52 Å². The van der Waals surface area contributed by atoms with Crippen LogP contribution in [0.3, 0.4) is 0 Å². The van der Waals surface area contributed by atoms with Gasteiger partial charge in [-0.25, -0.2) is 5.43 Å². The maximum Gasteiger partial charge on any atom is 0.251 e. The van der Waals surface area contributed by atoms with Crippen LogP contribution in [0.1, 0.15) is 5.56 Å². The van der Waals surface area contributed by atoms with Gasteiger partial charge in [-0.15, -0.1) is 0 Å².